The molecule has 0 spiro atoms. The minimum Gasteiger partial charge on any atom is -0.493 e. The molecule has 4 heteroatoms. The van der Waals surface area contributed by atoms with Crippen molar-refractivity contribution in [3.8, 4) is 23.0 Å². The Morgan fingerprint density at radius 1 is 1.00 bits per heavy atom. The molecule has 21 heavy (non-hydrogen) atoms. The number of para-hydroxylation sites is 1. The van der Waals surface area contributed by atoms with Gasteiger partial charge in [0, 0.05) is 11.1 Å². The third-order valence-electron chi connectivity index (χ3n) is 4.18. The SMILES string of the molecule is COc1ccc2c(c1OC)O[C@H]1c3ccccc3OC[C@@H]21. The molecule has 2 aromatic rings. The molecule has 0 radical (unpaired) electrons. The van der Waals surface area contributed by atoms with Crippen LogP contribution in [0.5, 0.6) is 23.0 Å². The van der Waals surface area contributed by atoms with E-state index in [1.807, 2.05) is 30.3 Å². The van der Waals surface area contributed by atoms with Gasteiger partial charge in [0.25, 0.3) is 0 Å². The topological polar surface area (TPSA) is 36.9 Å². The van der Waals surface area contributed by atoms with E-state index in [0.717, 1.165) is 22.6 Å². The number of hydrogen-bond donors (Lipinski definition) is 0. The number of rotatable bonds is 2. The summed E-state index contributed by atoms with van der Waals surface area (Å²) in [6.07, 6.45) is -0.0223. The molecule has 2 aromatic carbocycles. The van der Waals surface area contributed by atoms with Crippen LogP contribution in [-0.2, 0) is 0 Å². The van der Waals surface area contributed by atoms with Gasteiger partial charge >= 0.3 is 0 Å². The molecule has 0 aliphatic carbocycles. The van der Waals surface area contributed by atoms with Crippen LogP contribution in [0.25, 0.3) is 0 Å². The van der Waals surface area contributed by atoms with E-state index in [1.165, 1.54) is 0 Å². The van der Waals surface area contributed by atoms with Gasteiger partial charge in [0.2, 0.25) is 5.75 Å². The molecule has 0 saturated heterocycles. The van der Waals surface area contributed by atoms with Gasteiger partial charge in [0.1, 0.15) is 11.9 Å². The number of methoxy groups -OCH3 is 2. The van der Waals surface area contributed by atoms with Crippen molar-refractivity contribution in [2.75, 3.05) is 20.8 Å². The minimum atomic E-state index is -0.0223. The largest absolute Gasteiger partial charge is 0.493 e. The predicted octanol–water partition coefficient (Wildman–Crippen LogP) is 3.31. The van der Waals surface area contributed by atoms with E-state index < -0.39 is 0 Å². The summed E-state index contributed by atoms with van der Waals surface area (Å²) in [6, 6.07) is 12.0. The summed E-state index contributed by atoms with van der Waals surface area (Å²) in [7, 11) is 3.26. The predicted molar refractivity (Wildman–Crippen MR) is 77.6 cm³/mol. The van der Waals surface area contributed by atoms with Gasteiger partial charge in [-0.3, -0.25) is 0 Å². The molecule has 0 amide bonds. The monoisotopic (exact) mass is 284 g/mol. The van der Waals surface area contributed by atoms with Crippen molar-refractivity contribution in [1.29, 1.82) is 0 Å². The van der Waals surface area contributed by atoms with Crippen molar-refractivity contribution in [1.82, 2.24) is 0 Å². The number of ether oxygens (including phenoxy) is 4. The Morgan fingerprint density at radius 2 is 1.86 bits per heavy atom. The Balaban J connectivity index is 1.83. The maximum Gasteiger partial charge on any atom is 0.203 e. The molecular formula is C17H16O4. The standard InChI is InChI=1S/C17H16O4/c1-18-14-8-7-10-12-9-20-13-6-4-3-5-11(13)15(12)21-16(10)17(14)19-2/h3-8,12,15H,9H2,1-2H3/t12-,15-/m0/s1. The fourth-order valence-corrected chi connectivity index (χ4v) is 3.18. The summed E-state index contributed by atoms with van der Waals surface area (Å²) in [6.45, 7) is 0.615. The highest BCUT2D eigenvalue weighted by molar-refractivity contribution is 5.60. The van der Waals surface area contributed by atoms with Gasteiger partial charge in [0.15, 0.2) is 11.5 Å². The molecule has 2 aliphatic heterocycles. The van der Waals surface area contributed by atoms with E-state index in [1.54, 1.807) is 14.2 Å². The molecular weight excluding hydrogens is 268 g/mol. The van der Waals surface area contributed by atoms with Crippen LogP contribution in [0.2, 0.25) is 0 Å². The second kappa shape index (κ2) is 4.58. The summed E-state index contributed by atoms with van der Waals surface area (Å²) in [5.41, 5.74) is 2.21. The van der Waals surface area contributed by atoms with Crippen LogP contribution in [0.3, 0.4) is 0 Å². The third kappa shape index (κ3) is 1.68. The smallest absolute Gasteiger partial charge is 0.203 e. The van der Waals surface area contributed by atoms with Crippen molar-refractivity contribution in [3.63, 3.8) is 0 Å². The summed E-state index contributed by atoms with van der Waals surface area (Å²) in [5.74, 6) is 3.20. The summed E-state index contributed by atoms with van der Waals surface area (Å²) < 4.78 is 22.9. The molecule has 2 heterocycles. The lowest BCUT2D eigenvalue weighted by molar-refractivity contribution is 0.137. The first-order chi connectivity index (χ1) is 10.3. The highest BCUT2D eigenvalue weighted by atomic mass is 16.5. The minimum absolute atomic E-state index is 0.0223. The van der Waals surface area contributed by atoms with Crippen LogP contribution in [0.4, 0.5) is 0 Å². The quantitative estimate of drug-likeness (QED) is 0.847. The number of fused-ring (bicyclic) bond motifs is 5. The van der Waals surface area contributed by atoms with Crippen LogP contribution in [0, 0.1) is 0 Å². The first-order valence-corrected chi connectivity index (χ1v) is 6.96. The normalized spacial score (nSPS) is 21.4. The van der Waals surface area contributed by atoms with Crippen LogP contribution in [-0.4, -0.2) is 20.8 Å². The highest BCUT2D eigenvalue weighted by Gasteiger charge is 2.42. The van der Waals surface area contributed by atoms with E-state index in [-0.39, 0.29) is 12.0 Å². The van der Waals surface area contributed by atoms with Gasteiger partial charge in [-0.05, 0) is 12.1 Å². The summed E-state index contributed by atoms with van der Waals surface area (Å²) in [4.78, 5) is 0. The average Bonchev–Trinajstić information content (AvgIpc) is 2.92. The maximum atomic E-state index is 6.22. The molecule has 0 saturated carbocycles. The third-order valence-corrected chi connectivity index (χ3v) is 4.18. The molecule has 0 fully saturated rings. The lowest BCUT2D eigenvalue weighted by Gasteiger charge is -2.27. The van der Waals surface area contributed by atoms with Crippen LogP contribution < -0.4 is 18.9 Å². The highest BCUT2D eigenvalue weighted by Crippen LogP contribution is 2.55. The summed E-state index contributed by atoms with van der Waals surface area (Å²) in [5, 5.41) is 0. The van der Waals surface area contributed by atoms with Gasteiger partial charge in [-0.2, -0.15) is 0 Å². The molecule has 4 nitrogen and oxygen atoms in total. The molecule has 0 aromatic heterocycles. The van der Waals surface area contributed by atoms with Gasteiger partial charge in [-0.15, -0.1) is 0 Å². The zero-order valence-corrected chi connectivity index (χ0v) is 12.0. The second-order valence-corrected chi connectivity index (χ2v) is 5.21. The lowest BCUT2D eigenvalue weighted by Crippen LogP contribution is -2.22. The van der Waals surface area contributed by atoms with Crippen LogP contribution in [0.1, 0.15) is 23.1 Å². The van der Waals surface area contributed by atoms with E-state index in [9.17, 15) is 0 Å². The van der Waals surface area contributed by atoms with Gasteiger partial charge in [0.05, 0.1) is 26.7 Å². The van der Waals surface area contributed by atoms with Crippen molar-refractivity contribution in [2.45, 2.75) is 12.0 Å². The van der Waals surface area contributed by atoms with Crippen molar-refractivity contribution < 1.29 is 18.9 Å². The van der Waals surface area contributed by atoms with Crippen LogP contribution in [0.15, 0.2) is 36.4 Å². The Labute approximate surface area is 123 Å². The Hall–Kier alpha value is -2.36. The van der Waals surface area contributed by atoms with E-state index in [2.05, 4.69) is 6.07 Å². The van der Waals surface area contributed by atoms with Crippen molar-refractivity contribution in [2.24, 2.45) is 0 Å². The second-order valence-electron chi connectivity index (χ2n) is 5.21. The maximum absolute atomic E-state index is 6.22. The van der Waals surface area contributed by atoms with E-state index in [0.29, 0.717) is 18.1 Å². The Bertz CT molecular complexity index is 695. The summed E-state index contributed by atoms with van der Waals surface area (Å²) >= 11 is 0. The molecule has 0 unspecified atom stereocenters. The molecule has 2 aliphatic rings. The van der Waals surface area contributed by atoms with Gasteiger partial charge in [-0.25, -0.2) is 0 Å². The number of hydrogen-bond acceptors (Lipinski definition) is 4. The lowest BCUT2D eigenvalue weighted by atomic mass is 9.89. The van der Waals surface area contributed by atoms with Crippen LogP contribution >= 0.6 is 0 Å². The molecule has 4 rings (SSSR count). The van der Waals surface area contributed by atoms with Gasteiger partial charge in [-0.1, -0.05) is 24.3 Å². The van der Waals surface area contributed by atoms with Gasteiger partial charge < -0.3 is 18.9 Å². The van der Waals surface area contributed by atoms with Crippen molar-refractivity contribution in [3.05, 3.63) is 47.5 Å². The first-order valence-electron chi connectivity index (χ1n) is 6.96. The molecule has 2 atom stereocenters. The molecule has 0 N–H and O–H groups in total. The molecule has 108 valence electrons. The van der Waals surface area contributed by atoms with Crippen molar-refractivity contribution >= 4 is 0 Å². The zero-order chi connectivity index (χ0) is 14.4. The number of benzene rings is 2. The average molecular weight is 284 g/mol. The van der Waals surface area contributed by atoms with E-state index >= 15 is 0 Å². The fourth-order valence-electron chi connectivity index (χ4n) is 3.18. The Morgan fingerprint density at radius 3 is 2.67 bits per heavy atom. The molecule has 0 bridgehead atoms. The van der Waals surface area contributed by atoms with E-state index in [4.69, 9.17) is 18.9 Å². The first kappa shape index (κ1) is 12.4. The fraction of sp³-hybridized carbons (Fsp3) is 0.294. The Kier molecular flexibility index (Phi) is 2.70. The zero-order valence-electron chi connectivity index (χ0n) is 12.0.